The van der Waals surface area contributed by atoms with Crippen LogP contribution in [0.3, 0.4) is 0 Å². The number of hydrogen-bond donors (Lipinski definition) is 2. The molecule has 0 unspecified atom stereocenters. The molecule has 0 radical (unpaired) electrons. The smallest absolute Gasteiger partial charge is 0.251 e. The van der Waals surface area contributed by atoms with Crippen LogP contribution in [-0.2, 0) is 4.79 Å². The molecule has 0 saturated carbocycles. The lowest BCUT2D eigenvalue weighted by Gasteiger charge is -2.26. The number of halogens is 1. The van der Waals surface area contributed by atoms with Crippen molar-refractivity contribution in [3.63, 3.8) is 0 Å². The molecule has 2 N–H and O–H groups in total. The molecule has 0 aliphatic carbocycles. The summed E-state index contributed by atoms with van der Waals surface area (Å²) < 4.78 is 13.1. The van der Waals surface area contributed by atoms with Crippen LogP contribution < -0.4 is 5.32 Å². The number of amides is 2. The highest BCUT2D eigenvalue weighted by Gasteiger charge is 2.39. The normalized spacial score (nSPS) is 20.2. The number of likely N-dealkylation sites (N-methyl/N-ethyl adjacent to an activating group) is 1. The van der Waals surface area contributed by atoms with Crippen molar-refractivity contribution in [2.75, 3.05) is 7.05 Å². The molecule has 2 aromatic rings. The van der Waals surface area contributed by atoms with Crippen LogP contribution in [0.2, 0.25) is 0 Å². The fourth-order valence-electron chi connectivity index (χ4n) is 3.01. The van der Waals surface area contributed by atoms with Gasteiger partial charge in [-0.3, -0.25) is 9.59 Å². The van der Waals surface area contributed by atoms with Gasteiger partial charge in [0.05, 0.1) is 12.1 Å². The van der Waals surface area contributed by atoms with Crippen molar-refractivity contribution in [1.29, 1.82) is 0 Å². The maximum absolute atomic E-state index is 13.1. The van der Waals surface area contributed by atoms with E-state index in [1.807, 2.05) is 0 Å². The molecule has 1 aliphatic heterocycles. The van der Waals surface area contributed by atoms with Gasteiger partial charge in [0.1, 0.15) is 11.6 Å². The van der Waals surface area contributed by atoms with Gasteiger partial charge < -0.3 is 15.3 Å². The second-order valence-corrected chi connectivity index (χ2v) is 5.84. The molecule has 124 valence electrons. The lowest BCUT2D eigenvalue weighted by atomic mass is 9.99. The van der Waals surface area contributed by atoms with E-state index in [2.05, 4.69) is 5.32 Å². The third-order valence-electron chi connectivity index (χ3n) is 4.22. The number of phenols is 1. The van der Waals surface area contributed by atoms with E-state index >= 15 is 0 Å². The Kier molecular flexibility index (Phi) is 4.20. The summed E-state index contributed by atoms with van der Waals surface area (Å²) in [5, 5.41) is 12.3. The molecule has 24 heavy (non-hydrogen) atoms. The van der Waals surface area contributed by atoms with Crippen LogP contribution in [0.5, 0.6) is 5.75 Å². The first-order valence-corrected chi connectivity index (χ1v) is 7.57. The number of likely N-dealkylation sites (tertiary alicyclic amines) is 1. The van der Waals surface area contributed by atoms with Crippen molar-refractivity contribution in [1.82, 2.24) is 10.2 Å². The molecule has 1 heterocycles. The highest BCUT2D eigenvalue weighted by atomic mass is 19.1. The summed E-state index contributed by atoms with van der Waals surface area (Å²) in [6.45, 7) is 0. The minimum atomic E-state index is -0.428. The van der Waals surface area contributed by atoms with Crippen LogP contribution in [0.4, 0.5) is 4.39 Å². The van der Waals surface area contributed by atoms with E-state index < -0.39 is 6.04 Å². The van der Waals surface area contributed by atoms with E-state index in [9.17, 15) is 19.1 Å². The Morgan fingerprint density at radius 3 is 2.62 bits per heavy atom. The van der Waals surface area contributed by atoms with Crippen molar-refractivity contribution in [2.24, 2.45) is 0 Å². The highest BCUT2D eigenvalue weighted by Crippen LogP contribution is 2.32. The Labute approximate surface area is 138 Å². The minimum Gasteiger partial charge on any atom is -0.508 e. The van der Waals surface area contributed by atoms with Gasteiger partial charge >= 0.3 is 0 Å². The molecule has 0 bridgehead atoms. The largest absolute Gasteiger partial charge is 0.508 e. The molecular weight excluding hydrogens is 311 g/mol. The van der Waals surface area contributed by atoms with Crippen LogP contribution in [0.1, 0.15) is 28.4 Å². The van der Waals surface area contributed by atoms with E-state index in [-0.39, 0.29) is 35.8 Å². The molecule has 2 atom stereocenters. The lowest BCUT2D eigenvalue weighted by Crippen LogP contribution is -2.39. The van der Waals surface area contributed by atoms with Gasteiger partial charge in [0.25, 0.3) is 5.91 Å². The van der Waals surface area contributed by atoms with E-state index in [0.717, 1.165) is 5.56 Å². The van der Waals surface area contributed by atoms with Crippen molar-refractivity contribution >= 4 is 11.8 Å². The Balaban J connectivity index is 1.84. The Hall–Kier alpha value is -2.89. The summed E-state index contributed by atoms with van der Waals surface area (Å²) in [5.74, 6) is -0.819. The van der Waals surface area contributed by atoms with Gasteiger partial charge in [0.15, 0.2) is 0 Å². The predicted molar refractivity (Wildman–Crippen MR) is 85.9 cm³/mol. The van der Waals surface area contributed by atoms with Crippen molar-refractivity contribution < 1.29 is 19.1 Å². The lowest BCUT2D eigenvalue weighted by molar-refractivity contribution is -0.127. The molecule has 2 amide bonds. The third-order valence-corrected chi connectivity index (χ3v) is 4.22. The molecule has 0 aromatic heterocycles. The fourth-order valence-corrected chi connectivity index (χ4v) is 3.01. The Morgan fingerprint density at radius 2 is 1.96 bits per heavy atom. The van der Waals surface area contributed by atoms with Crippen LogP contribution in [0.25, 0.3) is 0 Å². The van der Waals surface area contributed by atoms with Crippen LogP contribution >= 0.6 is 0 Å². The first kappa shape index (κ1) is 16.0. The molecule has 1 saturated heterocycles. The van der Waals surface area contributed by atoms with E-state index in [1.54, 1.807) is 36.2 Å². The van der Waals surface area contributed by atoms with Gasteiger partial charge in [-0.05, 0) is 35.9 Å². The van der Waals surface area contributed by atoms with Crippen molar-refractivity contribution in [3.05, 3.63) is 65.5 Å². The third kappa shape index (κ3) is 3.08. The summed E-state index contributed by atoms with van der Waals surface area (Å²) in [6, 6.07) is 11.1. The predicted octanol–water partition coefficient (Wildman–Crippen LogP) is 2.23. The highest BCUT2D eigenvalue weighted by molar-refractivity contribution is 5.95. The average Bonchev–Trinajstić information content (AvgIpc) is 2.83. The maximum Gasteiger partial charge on any atom is 0.251 e. The zero-order chi connectivity index (χ0) is 17.3. The number of nitrogens with zero attached hydrogens (tertiary/aromatic N) is 1. The number of carbonyl (C=O) groups excluding carboxylic acids is 2. The first-order valence-electron chi connectivity index (χ1n) is 7.57. The number of benzene rings is 2. The molecule has 0 spiro atoms. The van der Waals surface area contributed by atoms with E-state index in [1.165, 1.54) is 24.3 Å². The minimum absolute atomic E-state index is 0.00245. The maximum atomic E-state index is 13.1. The number of carbonyl (C=O) groups is 2. The van der Waals surface area contributed by atoms with Gasteiger partial charge in [0.2, 0.25) is 5.91 Å². The molecule has 6 heteroatoms. The second kappa shape index (κ2) is 6.31. The molecule has 3 rings (SSSR count). The summed E-state index contributed by atoms with van der Waals surface area (Å²) in [4.78, 5) is 26.0. The molecular formula is C18H17FN2O3. The second-order valence-electron chi connectivity index (χ2n) is 5.84. The monoisotopic (exact) mass is 328 g/mol. The summed E-state index contributed by atoms with van der Waals surface area (Å²) in [6.07, 6.45) is 0.170. The van der Waals surface area contributed by atoms with Gasteiger partial charge in [-0.2, -0.15) is 0 Å². The van der Waals surface area contributed by atoms with Crippen LogP contribution in [-0.4, -0.2) is 34.9 Å². The molecule has 1 aliphatic rings. The zero-order valence-corrected chi connectivity index (χ0v) is 13.1. The SMILES string of the molecule is CN1C(=O)C[C@@H](NC(=O)c2cccc(O)c2)[C@H]1c1ccc(F)cc1. The Bertz CT molecular complexity index is 776. The van der Waals surface area contributed by atoms with E-state index in [4.69, 9.17) is 0 Å². The van der Waals surface area contributed by atoms with E-state index in [0.29, 0.717) is 5.56 Å². The quantitative estimate of drug-likeness (QED) is 0.908. The van der Waals surface area contributed by atoms with Crippen molar-refractivity contribution in [2.45, 2.75) is 18.5 Å². The van der Waals surface area contributed by atoms with Gasteiger partial charge in [-0.25, -0.2) is 4.39 Å². The number of hydrogen-bond acceptors (Lipinski definition) is 3. The number of nitrogens with one attached hydrogen (secondary N) is 1. The van der Waals surface area contributed by atoms with Gasteiger partial charge in [-0.1, -0.05) is 18.2 Å². The summed E-state index contributed by atoms with van der Waals surface area (Å²) in [5.41, 5.74) is 1.07. The molecule has 1 fully saturated rings. The molecule has 2 aromatic carbocycles. The summed E-state index contributed by atoms with van der Waals surface area (Å²) >= 11 is 0. The standard InChI is InChI=1S/C18H17FN2O3/c1-21-16(23)10-15(17(21)11-5-7-13(19)8-6-11)20-18(24)12-3-2-4-14(22)9-12/h2-9,15,17,22H,10H2,1H3,(H,20,24)/t15-,17-/m1/s1. The number of phenolic OH excluding ortho intramolecular Hbond substituents is 1. The first-order chi connectivity index (χ1) is 11.5. The number of rotatable bonds is 3. The van der Waals surface area contributed by atoms with Gasteiger partial charge in [-0.15, -0.1) is 0 Å². The van der Waals surface area contributed by atoms with Crippen LogP contribution in [0, 0.1) is 5.82 Å². The average molecular weight is 328 g/mol. The Morgan fingerprint density at radius 1 is 1.25 bits per heavy atom. The summed E-state index contributed by atoms with van der Waals surface area (Å²) in [7, 11) is 1.66. The number of aromatic hydroxyl groups is 1. The van der Waals surface area contributed by atoms with Crippen LogP contribution in [0.15, 0.2) is 48.5 Å². The van der Waals surface area contributed by atoms with Crippen molar-refractivity contribution in [3.8, 4) is 5.75 Å². The zero-order valence-electron chi connectivity index (χ0n) is 13.1. The van der Waals surface area contributed by atoms with Gasteiger partial charge in [0, 0.05) is 19.0 Å². The molecule has 5 nitrogen and oxygen atoms in total. The topological polar surface area (TPSA) is 69.6 Å². The fraction of sp³-hybridized carbons (Fsp3) is 0.222.